The summed E-state index contributed by atoms with van der Waals surface area (Å²) in [6.45, 7) is 4.79. The number of rotatable bonds is 6. The summed E-state index contributed by atoms with van der Waals surface area (Å²) in [4.78, 5) is 31.6. The van der Waals surface area contributed by atoms with Crippen LogP contribution in [0, 0.1) is 12.8 Å². The van der Waals surface area contributed by atoms with Crippen LogP contribution < -0.4 is 19.7 Å². The topological polar surface area (TPSA) is 80.8 Å². The largest absolute Gasteiger partial charge is 0.495 e. The van der Waals surface area contributed by atoms with E-state index >= 15 is 0 Å². The van der Waals surface area contributed by atoms with E-state index in [1.54, 1.807) is 12.0 Å². The first kappa shape index (κ1) is 20.2. The van der Waals surface area contributed by atoms with Gasteiger partial charge in [-0.05, 0) is 49.7 Å². The van der Waals surface area contributed by atoms with E-state index < -0.39 is 5.92 Å². The monoisotopic (exact) mass is 425 g/mol. The van der Waals surface area contributed by atoms with Crippen LogP contribution in [0.15, 0.2) is 36.4 Å². The molecule has 0 spiro atoms. The van der Waals surface area contributed by atoms with E-state index in [9.17, 15) is 9.59 Å². The SMILES string of the molecule is CCOc1ccc2nc(NC(=O)C3CC(=O)N(c4cc(C)ccc4OC)C3)sc2c1. The van der Waals surface area contributed by atoms with Gasteiger partial charge in [0.2, 0.25) is 11.8 Å². The fourth-order valence-corrected chi connectivity index (χ4v) is 4.45. The molecule has 1 atom stereocenters. The van der Waals surface area contributed by atoms with Crippen molar-refractivity contribution in [3.63, 3.8) is 0 Å². The van der Waals surface area contributed by atoms with Gasteiger partial charge in [0.15, 0.2) is 5.13 Å². The lowest BCUT2D eigenvalue weighted by molar-refractivity contribution is -0.122. The number of nitrogens with one attached hydrogen (secondary N) is 1. The van der Waals surface area contributed by atoms with Crippen molar-refractivity contribution in [2.45, 2.75) is 20.3 Å². The van der Waals surface area contributed by atoms with E-state index in [1.165, 1.54) is 11.3 Å². The van der Waals surface area contributed by atoms with Crippen LogP contribution in [0.2, 0.25) is 0 Å². The average Bonchev–Trinajstić information content (AvgIpc) is 3.30. The van der Waals surface area contributed by atoms with E-state index in [0.717, 1.165) is 21.5 Å². The van der Waals surface area contributed by atoms with Crippen LogP contribution in [0.3, 0.4) is 0 Å². The number of thiazole rings is 1. The summed E-state index contributed by atoms with van der Waals surface area (Å²) in [5.41, 5.74) is 2.51. The van der Waals surface area contributed by atoms with Gasteiger partial charge in [-0.3, -0.25) is 9.59 Å². The van der Waals surface area contributed by atoms with Gasteiger partial charge in [0.1, 0.15) is 11.5 Å². The van der Waals surface area contributed by atoms with Crippen molar-refractivity contribution in [2.24, 2.45) is 5.92 Å². The lowest BCUT2D eigenvalue weighted by Crippen LogP contribution is -2.28. The highest BCUT2D eigenvalue weighted by molar-refractivity contribution is 7.22. The van der Waals surface area contributed by atoms with E-state index in [2.05, 4.69) is 10.3 Å². The van der Waals surface area contributed by atoms with Gasteiger partial charge in [0.05, 0.1) is 35.5 Å². The number of fused-ring (bicyclic) bond motifs is 1. The smallest absolute Gasteiger partial charge is 0.231 e. The van der Waals surface area contributed by atoms with Gasteiger partial charge in [0, 0.05) is 13.0 Å². The van der Waals surface area contributed by atoms with Gasteiger partial charge in [-0.2, -0.15) is 0 Å². The molecule has 2 heterocycles. The Bertz CT molecular complexity index is 1110. The van der Waals surface area contributed by atoms with Crippen LogP contribution in [-0.4, -0.2) is 37.1 Å². The summed E-state index contributed by atoms with van der Waals surface area (Å²) in [6, 6.07) is 11.3. The summed E-state index contributed by atoms with van der Waals surface area (Å²) >= 11 is 1.39. The van der Waals surface area contributed by atoms with Crippen molar-refractivity contribution in [2.75, 3.05) is 30.5 Å². The Morgan fingerprint density at radius 1 is 1.30 bits per heavy atom. The zero-order valence-electron chi connectivity index (χ0n) is 17.1. The lowest BCUT2D eigenvalue weighted by Gasteiger charge is -2.20. The molecule has 2 aromatic carbocycles. The average molecular weight is 426 g/mol. The molecule has 0 radical (unpaired) electrons. The summed E-state index contributed by atoms with van der Waals surface area (Å²) in [5, 5.41) is 3.39. The number of aromatic nitrogens is 1. The first-order valence-corrected chi connectivity index (χ1v) is 10.6. The van der Waals surface area contributed by atoms with E-state index in [0.29, 0.717) is 29.7 Å². The van der Waals surface area contributed by atoms with Gasteiger partial charge >= 0.3 is 0 Å². The molecule has 7 nitrogen and oxygen atoms in total. The molecule has 30 heavy (non-hydrogen) atoms. The third kappa shape index (κ3) is 3.95. The van der Waals surface area contributed by atoms with Crippen LogP contribution >= 0.6 is 11.3 Å². The number of ether oxygens (including phenoxy) is 2. The van der Waals surface area contributed by atoms with Crippen LogP contribution in [0.4, 0.5) is 10.8 Å². The quantitative estimate of drug-likeness (QED) is 0.646. The number of anilines is 2. The third-order valence-electron chi connectivity index (χ3n) is 5.02. The number of carbonyl (C=O) groups is 2. The molecule has 1 fully saturated rings. The van der Waals surface area contributed by atoms with E-state index in [1.807, 2.05) is 50.2 Å². The molecule has 0 aliphatic carbocycles. The van der Waals surface area contributed by atoms with Crippen LogP contribution in [0.1, 0.15) is 18.9 Å². The fraction of sp³-hybridized carbons (Fsp3) is 0.318. The second-order valence-corrected chi connectivity index (χ2v) is 8.18. The third-order valence-corrected chi connectivity index (χ3v) is 5.96. The van der Waals surface area contributed by atoms with Crippen LogP contribution in [0.25, 0.3) is 10.2 Å². The summed E-state index contributed by atoms with van der Waals surface area (Å²) in [7, 11) is 1.57. The minimum Gasteiger partial charge on any atom is -0.495 e. The number of benzene rings is 2. The lowest BCUT2D eigenvalue weighted by atomic mass is 10.1. The number of carbonyl (C=O) groups excluding carboxylic acids is 2. The highest BCUT2D eigenvalue weighted by atomic mass is 32.1. The van der Waals surface area contributed by atoms with Crippen LogP contribution in [-0.2, 0) is 9.59 Å². The predicted molar refractivity (Wildman–Crippen MR) is 118 cm³/mol. The molecule has 1 aromatic heterocycles. The van der Waals surface area contributed by atoms with Gasteiger partial charge < -0.3 is 19.7 Å². The van der Waals surface area contributed by atoms with Crippen molar-refractivity contribution in [1.29, 1.82) is 0 Å². The normalized spacial score (nSPS) is 16.2. The van der Waals surface area contributed by atoms with Gasteiger partial charge in [-0.25, -0.2) is 4.98 Å². The van der Waals surface area contributed by atoms with Gasteiger partial charge in [-0.15, -0.1) is 0 Å². The Labute approximate surface area is 178 Å². The molecule has 2 amide bonds. The standard InChI is InChI=1S/C22H23N3O4S/c1-4-29-15-6-7-16-19(11-15)30-22(23-16)24-21(27)14-10-20(26)25(12-14)17-9-13(2)5-8-18(17)28-3/h5-9,11,14H,4,10,12H2,1-3H3,(H,23,24,27). The number of hydrogen-bond donors (Lipinski definition) is 1. The van der Waals surface area contributed by atoms with Gasteiger partial charge in [-0.1, -0.05) is 17.4 Å². The molecule has 8 heteroatoms. The Morgan fingerprint density at radius 3 is 2.90 bits per heavy atom. The maximum absolute atomic E-state index is 12.8. The summed E-state index contributed by atoms with van der Waals surface area (Å²) in [6.07, 6.45) is 0.155. The first-order valence-electron chi connectivity index (χ1n) is 9.77. The summed E-state index contributed by atoms with van der Waals surface area (Å²) in [5.74, 6) is 0.641. The molecule has 1 N–H and O–H groups in total. The Hall–Kier alpha value is -3.13. The maximum Gasteiger partial charge on any atom is 0.231 e. The predicted octanol–water partition coefficient (Wildman–Crippen LogP) is 4.00. The van der Waals surface area contributed by atoms with Crippen molar-refractivity contribution >= 4 is 44.2 Å². The van der Waals surface area contributed by atoms with E-state index in [4.69, 9.17) is 9.47 Å². The Kier molecular flexibility index (Phi) is 5.59. The van der Waals surface area contributed by atoms with Crippen LogP contribution in [0.5, 0.6) is 11.5 Å². The van der Waals surface area contributed by atoms with Crippen molar-refractivity contribution in [1.82, 2.24) is 4.98 Å². The highest BCUT2D eigenvalue weighted by Gasteiger charge is 2.36. The molecular weight excluding hydrogens is 402 g/mol. The van der Waals surface area contributed by atoms with Crippen molar-refractivity contribution in [3.8, 4) is 11.5 Å². The number of methoxy groups -OCH3 is 1. The van der Waals surface area contributed by atoms with Gasteiger partial charge in [0.25, 0.3) is 0 Å². The minimum atomic E-state index is -0.450. The molecule has 0 bridgehead atoms. The molecule has 3 aromatic rings. The second-order valence-electron chi connectivity index (χ2n) is 7.15. The second kappa shape index (κ2) is 8.31. The maximum atomic E-state index is 12.8. The zero-order chi connectivity index (χ0) is 21.3. The molecule has 1 unspecified atom stereocenters. The number of aryl methyl sites for hydroxylation is 1. The van der Waals surface area contributed by atoms with Crippen molar-refractivity contribution in [3.05, 3.63) is 42.0 Å². The number of amides is 2. The Morgan fingerprint density at radius 2 is 2.13 bits per heavy atom. The molecule has 1 saturated heterocycles. The highest BCUT2D eigenvalue weighted by Crippen LogP contribution is 2.35. The number of hydrogen-bond acceptors (Lipinski definition) is 6. The van der Waals surface area contributed by atoms with E-state index in [-0.39, 0.29) is 18.2 Å². The molecule has 1 aliphatic rings. The fourth-order valence-electron chi connectivity index (χ4n) is 3.55. The molecule has 1 aliphatic heterocycles. The minimum absolute atomic E-state index is 0.0929. The first-order chi connectivity index (χ1) is 14.5. The van der Waals surface area contributed by atoms with Crippen molar-refractivity contribution < 1.29 is 19.1 Å². The molecule has 4 rings (SSSR count). The summed E-state index contributed by atoms with van der Waals surface area (Å²) < 4.78 is 11.9. The molecule has 0 saturated carbocycles. The zero-order valence-corrected chi connectivity index (χ0v) is 17.9. The molecule has 156 valence electrons. The Balaban J connectivity index is 1.49. The molecular formula is C22H23N3O4S. The number of nitrogens with zero attached hydrogens (tertiary/aromatic N) is 2.